The van der Waals surface area contributed by atoms with E-state index in [4.69, 9.17) is 4.74 Å². The number of halogens is 1. The van der Waals surface area contributed by atoms with Gasteiger partial charge < -0.3 is 19.3 Å². The number of rotatable bonds is 5. The standard InChI is InChI=1S/C27H30FN3O3/c1-29-22-11-20(34-2)9-10-21(22)24-25(29)23(13-32)30(12-17-3-4-17)14-27(24)15-31(16-27)26(33)18-5-7-19(28)8-6-18/h5-11,17,23,32H,3-4,12-16H2,1-2H3/t23-/m0/s1. The molecule has 2 aliphatic heterocycles. The van der Waals surface area contributed by atoms with E-state index < -0.39 is 0 Å². The zero-order chi connectivity index (χ0) is 23.6. The van der Waals surface area contributed by atoms with Gasteiger partial charge >= 0.3 is 0 Å². The summed E-state index contributed by atoms with van der Waals surface area (Å²) in [6.45, 7) is 3.08. The third-order valence-corrected chi connectivity index (χ3v) is 7.97. The third kappa shape index (κ3) is 3.25. The number of benzene rings is 2. The first-order valence-electron chi connectivity index (χ1n) is 12.0. The number of amides is 1. The van der Waals surface area contributed by atoms with E-state index in [1.807, 2.05) is 11.0 Å². The first kappa shape index (κ1) is 21.6. The zero-order valence-electron chi connectivity index (χ0n) is 19.6. The second-order valence-electron chi connectivity index (χ2n) is 10.2. The summed E-state index contributed by atoms with van der Waals surface area (Å²) in [6, 6.07) is 11.9. The molecule has 0 unspecified atom stereocenters. The predicted molar refractivity (Wildman–Crippen MR) is 128 cm³/mol. The lowest BCUT2D eigenvalue weighted by Gasteiger charge is -2.56. The zero-order valence-corrected chi connectivity index (χ0v) is 19.6. The van der Waals surface area contributed by atoms with E-state index >= 15 is 0 Å². The highest BCUT2D eigenvalue weighted by molar-refractivity contribution is 5.96. The number of hydrogen-bond donors (Lipinski definition) is 1. The molecule has 3 aliphatic rings. The van der Waals surface area contributed by atoms with Crippen molar-refractivity contribution in [2.24, 2.45) is 13.0 Å². The number of fused-ring (bicyclic) bond motifs is 4. The lowest BCUT2D eigenvalue weighted by Crippen LogP contribution is -2.67. The SMILES string of the molecule is COc1ccc2c3c(n(C)c2c1)[C@H](CO)N(CC1CC1)CC31CN(C(=O)c2ccc(F)cc2)C1. The van der Waals surface area contributed by atoms with E-state index in [9.17, 15) is 14.3 Å². The summed E-state index contributed by atoms with van der Waals surface area (Å²) >= 11 is 0. The molecule has 1 aromatic heterocycles. The second kappa shape index (κ2) is 7.82. The topological polar surface area (TPSA) is 57.9 Å². The Morgan fingerprint density at radius 2 is 1.88 bits per heavy atom. The normalized spacial score (nSPS) is 21.5. The van der Waals surface area contributed by atoms with Crippen LogP contribution in [0.2, 0.25) is 0 Å². The van der Waals surface area contributed by atoms with E-state index in [0.29, 0.717) is 24.6 Å². The average molecular weight is 464 g/mol. The number of hydrogen-bond acceptors (Lipinski definition) is 4. The van der Waals surface area contributed by atoms with E-state index in [1.54, 1.807) is 19.2 Å². The minimum Gasteiger partial charge on any atom is -0.497 e. The van der Waals surface area contributed by atoms with Crippen LogP contribution in [0.25, 0.3) is 10.9 Å². The number of likely N-dealkylation sites (tertiary alicyclic amines) is 1. The quantitative estimate of drug-likeness (QED) is 0.630. The molecule has 1 saturated heterocycles. The van der Waals surface area contributed by atoms with Crippen molar-refractivity contribution in [3.8, 4) is 5.75 Å². The van der Waals surface area contributed by atoms with Crippen molar-refractivity contribution < 1.29 is 19.0 Å². The van der Waals surface area contributed by atoms with Crippen molar-refractivity contribution in [2.45, 2.75) is 24.3 Å². The fraction of sp³-hybridized carbons (Fsp3) is 0.444. The monoisotopic (exact) mass is 463 g/mol. The van der Waals surface area contributed by atoms with Crippen LogP contribution in [-0.2, 0) is 12.5 Å². The molecule has 6 nitrogen and oxygen atoms in total. The number of ether oxygens (including phenoxy) is 1. The third-order valence-electron chi connectivity index (χ3n) is 7.97. The minimum atomic E-state index is -0.342. The lowest BCUT2D eigenvalue weighted by molar-refractivity contribution is -0.00222. The highest BCUT2D eigenvalue weighted by atomic mass is 19.1. The molecule has 2 aromatic carbocycles. The molecule has 34 heavy (non-hydrogen) atoms. The Morgan fingerprint density at radius 3 is 2.53 bits per heavy atom. The molecule has 1 aliphatic carbocycles. The number of methoxy groups -OCH3 is 1. The molecule has 7 heteroatoms. The van der Waals surface area contributed by atoms with Crippen molar-refractivity contribution in [3.63, 3.8) is 0 Å². The summed E-state index contributed by atoms with van der Waals surface area (Å²) in [7, 11) is 3.74. The summed E-state index contributed by atoms with van der Waals surface area (Å²) < 4.78 is 21.1. The molecule has 178 valence electrons. The Bertz CT molecular complexity index is 1260. The van der Waals surface area contributed by atoms with Crippen LogP contribution in [0.15, 0.2) is 42.5 Å². The summed E-state index contributed by atoms with van der Waals surface area (Å²) in [6.07, 6.45) is 2.49. The summed E-state index contributed by atoms with van der Waals surface area (Å²) in [5.41, 5.74) is 3.80. The molecule has 2 fully saturated rings. The number of aryl methyl sites for hydroxylation is 1. The fourth-order valence-corrected chi connectivity index (χ4v) is 6.15. The van der Waals surface area contributed by atoms with Crippen molar-refractivity contribution in [3.05, 3.63) is 65.1 Å². The summed E-state index contributed by atoms with van der Waals surface area (Å²) in [5, 5.41) is 11.7. The second-order valence-corrected chi connectivity index (χ2v) is 10.2. The lowest BCUT2D eigenvalue weighted by atomic mass is 9.68. The molecule has 0 bridgehead atoms. The first-order chi connectivity index (χ1) is 16.4. The van der Waals surface area contributed by atoms with Crippen molar-refractivity contribution >= 4 is 16.8 Å². The molecule has 3 aromatic rings. The fourth-order valence-electron chi connectivity index (χ4n) is 6.15. The molecule has 1 N–H and O–H groups in total. The van der Waals surface area contributed by atoms with Gasteiger partial charge in [-0.3, -0.25) is 9.69 Å². The number of carbonyl (C=O) groups excluding carboxylic acids is 1. The molecule has 1 spiro atoms. The van der Waals surface area contributed by atoms with E-state index in [-0.39, 0.29) is 29.8 Å². The Balaban J connectivity index is 1.42. The van der Waals surface area contributed by atoms with Crippen LogP contribution in [-0.4, -0.2) is 65.3 Å². The largest absolute Gasteiger partial charge is 0.497 e. The molecule has 6 rings (SSSR count). The number of aromatic nitrogens is 1. The van der Waals surface area contributed by atoms with Crippen LogP contribution in [0.5, 0.6) is 5.75 Å². The molecular formula is C27H30FN3O3. The highest BCUT2D eigenvalue weighted by Gasteiger charge is 2.54. The first-order valence-corrected chi connectivity index (χ1v) is 12.0. The predicted octanol–water partition coefficient (Wildman–Crippen LogP) is 3.48. The number of carbonyl (C=O) groups is 1. The van der Waals surface area contributed by atoms with Crippen molar-refractivity contribution in [1.29, 1.82) is 0 Å². The Kier molecular flexibility index (Phi) is 4.97. The highest BCUT2D eigenvalue weighted by Crippen LogP contribution is 2.50. The number of nitrogens with zero attached hydrogens (tertiary/aromatic N) is 3. The van der Waals surface area contributed by atoms with Gasteiger partial charge in [0, 0.05) is 61.4 Å². The van der Waals surface area contributed by atoms with Crippen LogP contribution in [0.3, 0.4) is 0 Å². The van der Waals surface area contributed by atoms with E-state index in [2.05, 4.69) is 28.6 Å². The molecule has 1 saturated carbocycles. The molecule has 1 atom stereocenters. The van der Waals surface area contributed by atoms with Crippen molar-refractivity contribution in [1.82, 2.24) is 14.4 Å². The molecule has 3 heterocycles. The number of aliphatic hydroxyl groups excluding tert-OH is 1. The van der Waals surface area contributed by atoms with Crippen LogP contribution in [0, 0.1) is 11.7 Å². The van der Waals surface area contributed by atoms with Crippen molar-refractivity contribution in [2.75, 3.05) is 39.9 Å². The van der Waals surface area contributed by atoms with Gasteiger partial charge in [0.2, 0.25) is 0 Å². The van der Waals surface area contributed by atoms with Gasteiger partial charge in [0.15, 0.2) is 0 Å². The van der Waals surface area contributed by atoms with Gasteiger partial charge in [0.1, 0.15) is 11.6 Å². The minimum absolute atomic E-state index is 0.0629. The van der Waals surface area contributed by atoms with E-state index in [1.165, 1.54) is 30.5 Å². The van der Waals surface area contributed by atoms with Gasteiger partial charge in [0.05, 0.1) is 25.3 Å². The summed E-state index contributed by atoms with van der Waals surface area (Å²) in [4.78, 5) is 17.5. The Labute approximate surface area is 198 Å². The van der Waals surface area contributed by atoms with Gasteiger partial charge in [-0.1, -0.05) is 0 Å². The van der Waals surface area contributed by atoms with Gasteiger partial charge in [-0.05, 0) is 60.7 Å². The van der Waals surface area contributed by atoms with Crippen LogP contribution < -0.4 is 4.74 Å². The van der Waals surface area contributed by atoms with Gasteiger partial charge in [-0.15, -0.1) is 0 Å². The maximum Gasteiger partial charge on any atom is 0.253 e. The average Bonchev–Trinajstić information content (AvgIpc) is 3.60. The molecule has 0 radical (unpaired) electrons. The number of aliphatic hydroxyl groups is 1. The van der Waals surface area contributed by atoms with Gasteiger partial charge in [0.25, 0.3) is 5.91 Å². The molecule has 1 amide bonds. The smallest absolute Gasteiger partial charge is 0.253 e. The maximum absolute atomic E-state index is 13.4. The maximum atomic E-state index is 13.4. The Hall–Kier alpha value is -2.90. The van der Waals surface area contributed by atoms with Crippen LogP contribution >= 0.6 is 0 Å². The van der Waals surface area contributed by atoms with E-state index in [0.717, 1.165) is 35.4 Å². The summed E-state index contributed by atoms with van der Waals surface area (Å²) in [5.74, 6) is 1.09. The van der Waals surface area contributed by atoms with Crippen LogP contribution in [0.1, 0.15) is 40.5 Å². The van der Waals surface area contributed by atoms with Gasteiger partial charge in [-0.25, -0.2) is 4.39 Å². The molecular weight excluding hydrogens is 433 g/mol. The van der Waals surface area contributed by atoms with Crippen LogP contribution in [0.4, 0.5) is 4.39 Å². The Morgan fingerprint density at radius 1 is 1.15 bits per heavy atom. The van der Waals surface area contributed by atoms with Gasteiger partial charge in [-0.2, -0.15) is 0 Å².